The van der Waals surface area contributed by atoms with E-state index in [1.54, 1.807) is 0 Å². The largest absolute Gasteiger partial charge is 0.508 e. The molecule has 0 saturated heterocycles. The molecule has 0 spiro atoms. The van der Waals surface area contributed by atoms with Gasteiger partial charge in [-0.05, 0) is 24.7 Å². The van der Waals surface area contributed by atoms with Gasteiger partial charge in [-0.3, -0.25) is 0 Å². The van der Waals surface area contributed by atoms with E-state index in [0.717, 1.165) is 13.2 Å². The average Bonchev–Trinajstić information content (AvgIpc) is 2.24. The Morgan fingerprint density at radius 1 is 1.35 bits per heavy atom. The van der Waals surface area contributed by atoms with Crippen molar-refractivity contribution in [3.63, 3.8) is 0 Å². The molecule has 0 fully saturated rings. The summed E-state index contributed by atoms with van der Waals surface area (Å²) in [4.78, 5) is 0. The summed E-state index contributed by atoms with van der Waals surface area (Å²) in [5.41, 5.74) is -2.60. The maximum atomic E-state index is 13.1. The highest BCUT2D eigenvalue weighted by molar-refractivity contribution is 5.33. The Bertz CT molecular complexity index is 381. The van der Waals surface area contributed by atoms with E-state index in [2.05, 4.69) is 10.1 Å². The van der Waals surface area contributed by atoms with Crippen molar-refractivity contribution in [2.45, 2.75) is 11.8 Å². The summed E-state index contributed by atoms with van der Waals surface area (Å²) in [6, 6.07) is 4.97. The Morgan fingerprint density at radius 2 is 2.00 bits per heavy atom. The molecule has 0 bridgehead atoms. The Morgan fingerprint density at radius 3 is 2.41 bits per heavy atom. The Labute approximate surface area is 97.2 Å². The van der Waals surface area contributed by atoms with Crippen LogP contribution in [-0.2, 0) is 10.3 Å². The third kappa shape index (κ3) is 2.53. The van der Waals surface area contributed by atoms with Crippen LogP contribution in [0.5, 0.6) is 5.75 Å². The number of phenols is 1. The van der Waals surface area contributed by atoms with Gasteiger partial charge in [0.25, 0.3) is 0 Å². The van der Waals surface area contributed by atoms with E-state index in [0.29, 0.717) is 0 Å². The van der Waals surface area contributed by atoms with Crippen molar-refractivity contribution < 1.29 is 23.0 Å². The van der Waals surface area contributed by atoms with E-state index in [1.165, 1.54) is 25.2 Å². The van der Waals surface area contributed by atoms with Crippen LogP contribution in [0.3, 0.4) is 0 Å². The molecule has 1 rings (SSSR count). The number of benzene rings is 1. The smallest absolute Gasteiger partial charge is 0.422 e. The van der Waals surface area contributed by atoms with E-state index in [1.807, 2.05) is 0 Å². The molecule has 0 heterocycles. The van der Waals surface area contributed by atoms with Gasteiger partial charge in [-0.1, -0.05) is 12.1 Å². The number of rotatable bonds is 4. The predicted molar refractivity (Wildman–Crippen MR) is 56.8 cm³/mol. The second kappa shape index (κ2) is 4.93. The van der Waals surface area contributed by atoms with Crippen molar-refractivity contribution in [3.8, 4) is 5.75 Å². The zero-order chi connectivity index (χ0) is 13.1. The van der Waals surface area contributed by atoms with Gasteiger partial charge in [0.2, 0.25) is 5.60 Å². The lowest BCUT2D eigenvalue weighted by molar-refractivity contribution is -0.274. The fourth-order valence-electron chi connectivity index (χ4n) is 1.68. The van der Waals surface area contributed by atoms with Crippen LogP contribution in [-0.4, -0.2) is 32.0 Å². The lowest BCUT2D eigenvalue weighted by Crippen LogP contribution is -2.50. The minimum Gasteiger partial charge on any atom is -0.508 e. The molecular weight excluding hydrogens is 235 g/mol. The maximum absolute atomic E-state index is 13.1. The SMILES string of the molecule is CNCC(OC)(c1cccc(O)c1)C(F)(F)F. The van der Waals surface area contributed by atoms with Crippen molar-refractivity contribution in [1.29, 1.82) is 0 Å². The van der Waals surface area contributed by atoms with Gasteiger partial charge in [-0.2, -0.15) is 13.2 Å². The van der Waals surface area contributed by atoms with Gasteiger partial charge in [0.05, 0.1) is 0 Å². The van der Waals surface area contributed by atoms with E-state index in [-0.39, 0.29) is 11.3 Å². The molecule has 1 atom stereocenters. The predicted octanol–water partition coefficient (Wildman–Crippen LogP) is 2.02. The summed E-state index contributed by atoms with van der Waals surface area (Å²) in [6.07, 6.45) is -4.58. The number of likely N-dealkylation sites (N-methyl/N-ethyl adjacent to an activating group) is 1. The number of hydrogen-bond acceptors (Lipinski definition) is 3. The normalized spacial score (nSPS) is 15.6. The molecule has 1 unspecified atom stereocenters. The topological polar surface area (TPSA) is 41.5 Å². The minimum absolute atomic E-state index is 0.137. The zero-order valence-corrected chi connectivity index (χ0v) is 9.51. The molecule has 0 aliphatic heterocycles. The van der Waals surface area contributed by atoms with Crippen LogP contribution in [0.2, 0.25) is 0 Å². The number of halogens is 3. The van der Waals surface area contributed by atoms with E-state index in [4.69, 9.17) is 0 Å². The second-order valence-corrected chi connectivity index (χ2v) is 3.61. The molecule has 0 radical (unpaired) electrons. The van der Waals surface area contributed by atoms with E-state index >= 15 is 0 Å². The molecular formula is C11H14F3NO2. The summed E-state index contributed by atoms with van der Waals surface area (Å²) in [5, 5.41) is 11.7. The molecule has 17 heavy (non-hydrogen) atoms. The lowest BCUT2D eigenvalue weighted by atomic mass is 9.92. The standard InChI is InChI=1S/C11H14F3NO2/c1-15-7-10(17-2,11(12,13)14)8-4-3-5-9(16)6-8/h3-6,15-16H,7H2,1-2H3. The van der Waals surface area contributed by atoms with E-state index < -0.39 is 18.3 Å². The van der Waals surface area contributed by atoms with Crippen LogP contribution < -0.4 is 5.32 Å². The molecule has 6 heteroatoms. The highest BCUT2D eigenvalue weighted by Gasteiger charge is 2.56. The first-order chi connectivity index (χ1) is 7.87. The second-order valence-electron chi connectivity index (χ2n) is 3.61. The number of alkyl halides is 3. The van der Waals surface area contributed by atoms with Gasteiger partial charge in [-0.15, -0.1) is 0 Å². The molecule has 0 aliphatic carbocycles. The van der Waals surface area contributed by atoms with Crippen LogP contribution in [0.1, 0.15) is 5.56 Å². The number of aromatic hydroxyl groups is 1. The van der Waals surface area contributed by atoms with Crippen molar-refractivity contribution in [3.05, 3.63) is 29.8 Å². The fourth-order valence-corrected chi connectivity index (χ4v) is 1.68. The Kier molecular flexibility index (Phi) is 4.00. The molecule has 0 aromatic heterocycles. The third-order valence-corrected chi connectivity index (χ3v) is 2.54. The van der Waals surface area contributed by atoms with Gasteiger partial charge >= 0.3 is 6.18 Å². The van der Waals surface area contributed by atoms with Crippen LogP contribution in [0.25, 0.3) is 0 Å². The van der Waals surface area contributed by atoms with Crippen molar-refractivity contribution in [2.24, 2.45) is 0 Å². The monoisotopic (exact) mass is 249 g/mol. The number of methoxy groups -OCH3 is 1. The summed E-state index contributed by atoms with van der Waals surface area (Å²) in [5.74, 6) is -0.232. The van der Waals surface area contributed by atoms with Gasteiger partial charge in [0.1, 0.15) is 5.75 Å². The molecule has 0 amide bonds. The first-order valence-corrected chi connectivity index (χ1v) is 4.93. The van der Waals surface area contributed by atoms with Gasteiger partial charge < -0.3 is 15.2 Å². The van der Waals surface area contributed by atoms with Crippen LogP contribution in [0, 0.1) is 0 Å². The molecule has 96 valence electrons. The summed E-state index contributed by atoms with van der Waals surface area (Å²) in [7, 11) is 2.40. The molecule has 0 saturated carbocycles. The summed E-state index contributed by atoms with van der Waals surface area (Å²) < 4.78 is 44.1. The highest BCUT2D eigenvalue weighted by atomic mass is 19.4. The van der Waals surface area contributed by atoms with Crippen molar-refractivity contribution >= 4 is 0 Å². The van der Waals surface area contributed by atoms with Crippen molar-refractivity contribution in [1.82, 2.24) is 5.32 Å². The fraction of sp³-hybridized carbons (Fsp3) is 0.455. The van der Waals surface area contributed by atoms with Crippen molar-refractivity contribution in [2.75, 3.05) is 20.7 Å². The zero-order valence-electron chi connectivity index (χ0n) is 9.51. The molecule has 0 aliphatic rings. The number of ether oxygens (including phenoxy) is 1. The van der Waals surface area contributed by atoms with Gasteiger partial charge in [0, 0.05) is 13.7 Å². The first-order valence-electron chi connectivity index (χ1n) is 4.93. The first kappa shape index (κ1) is 13.8. The van der Waals surface area contributed by atoms with Crippen LogP contribution in [0.4, 0.5) is 13.2 Å². The van der Waals surface area contributed by atoms with Gasteiger partial charge in [-0.25, -0.2) is 0 Å². The number of hydrogen-bond donors (Lipinski definition) is 2. The van der Waals surface area contributed by atoms with E-state index in [9.17, 15) is 18.3 Å². The minimum atomic E-state index is -4.58. The average molecular weight is 249 g/mol. The number of nitrogens with one attached hydrogen (secondary N) is 1. The molecule has 1 aromatic carbocycles. The summed E-state index contributed by atoms with van der Waals surface area (Å²) >= 11 is 0. The Balaban J connectivity index is 3.32. The Hall–Kier alpha value is -1.27. The van der Waals surface area contributed by atoms with Crippen LogP contribution >= 0.6 is 0 Å². The number of phenolic OH excluding ortho intramolecular Hbond substituents is 1. The molecule has 2 N–H and O–H groups in total. The lowest BCUT2D eigenvalue weighted by Gasteiger charge is -2.34. The molecule has 3 nitrogen and oxygen atoms in total. The summed E-state index contributed by atoms with van der Waals surface area (Å²) in [6.45, 7) is -0.434. The quantitative estimate of drug-likeness (QED) is 0.857. The maximum Gasteiger partial charge on any atom is 0.422 e. The molecule has 1 aromatic rings. The van der Waals surface area contributed by atoms with Crippen LogP contribution in [0.15, 0.2) is 24.3 Å². The highest BCUT2D eigenvalue weighted by Crippen LogP contribution is 2.42. The third-order valence-electron chi connectivity index (χ3n) is 2.54. The van der Waals surface area contributed by atoms with Gasteiger partial charge in [0.15, 0.2) is 0 Å².